The Bertz CT molecular complexity index is 763. The molecule has 1 heterocycles. The molecule has 0 amide bonds. The molecule has 4 nitrogen and oxygen atoms in total. The molecule has 3 unspecified atom stereocenters. The smallest absolute Gasteiger partial charge is 0.331 e. The lowest BCUT2D eigenvalue weighted by atomic mass is 9.51. The fourth-order valence-electron chi connectivity index (χ4n) is 7.19. The van der Waals surface area contributed by atoms with Crippen LogP contribution in [-0.2, 0) is 9.53 Å². The van der Waals surface area contributed by atoms with E-state index in [-0.39, 0.29) is 17.0 Å². The summed E-state index contributed by atoms with van der Waals surface area (Å²) in [7, 11) is 0. The van der Waals surface area contributed by atoms with Crippen LogP contribution in [0, 0.1) is 29.1 Å². The number of oxime groups is 1. The number of hydrogen-bond donors (Lipinski definition) is 1. The lowest BCUT2D eigenvalue weighted by molar-refractivity contribution is -0.162. The highest BCUT2D eigenvalue weighted by Gasteiger charge is 2.65. The van der Waals surface area contributed by atoms with Gasteiger partial charge in [-0.3, -0.25) is 0 Å². The fraction of sp³-hybridized carbons (Fsp3) is 0.636. The van der Waals surface area contributed by atoms with E-state index in [4.69, 9.17) is 9.94 Å². The summed E-state index contributed by atoms with van der Waals surface area (Å²) in [5.41, 5.74) is 1.88. The van der Waals surface area contributed by atoms with Gasteiger partial charge in [-0.25, -0.2) is 4.79 Å². The van der Waals surface area contributed by atoms with Crippen molar-refractivity contribution >= 4 is 11.7 Å². The molecule has 5 aliphatic rings. The number of hydrogen-bond acceptors (Lipinski definition) is 4. The van der Waals surface area contributed by atoms with Crippen molar-refractivity contribution < 1.29 is 14.7 Å². The van der Waals surface area contributed by atoms with Crippen molar-refractivity contribution in [2.24, 2.45) is 34.2 Å². The van der Waals surface area contributed by atoms with Crippen molar-refractivity contribution in [3.05, 3.63) is 36.0 Å². The van der Waals surface area contributed by atoms with Gasteiger partial charge >= 0.3 is 5.97 Å². The van der Waals surface area contributed by atoms with Crippen molar-refractivity contribution in [3.8, 4) is 0 Å². The zero-order valence-corrected chi connectivity index (χ0v) is 15.4. The number of esters is 1. The zero-order chi connectivity index (χ0) is 17.9. The van der Waals surface area contributed by atoms with Crippen LogP contribution in [0.25, 0.3) is 0 Å². The molecule has 5 rings (SSSR count). The second-order valence-corrected chi connectivity index (χ2v) is 8.82. The van der Waals surface area contributed by atoms with Crippen molar-refractivity contribution in [3.63, 3.8) is 0 Å². The van der Waals surface area contributed by atoms with E-state index in [0.29, 0.717) is 23.7 Å². The molecule has 138 valence electrons. The van der Waals surface area contributed by atoms with Gasteiger partial charge in [0.25, 0.3) is 0 Å². The third-order valence-electron chi connectivity index (χ3n) is 8.29. The van der Waals surface area contributed by atoms with Crippen LogP contribution < -0.4 is 0 Å². The van der Waals surface area contributed by atoms with Crippen molar-refractivity contribution in [2.75, 3.05) is 0 Å². The Kier molecular flexibility index (Phi) is 3.51. The maximum absolute atomic E-state index is 11.9. The van der Waals surface area contributed by atoms with Crippen LogP contribution in [0.2, 0.25) is 0 Å². The van der Waals surface area contributed by atoms with Crippen molar-refractivity contribution in [1.82, 2.24) is 0 Å². The largest absolute Gasteiger partial charge is 0.451 e. The Balaban J connectivity index is 1.52. The number of ether oxygens (including phenoxy) is 1. The molecular formula is C22H27NO3. The summed E-state index contributed by atoms with van der Waals surface area (Å²) in [6.07, 6.45) is 18.0. The number of nitrogens with zero attached hydrogens (tertiary/aromatic N) is 1. The van der Waals surface area contributed by atoms with Gasteiger partial charge in [-0.2, -0.15) is 0 Å². The summed E-state index contributed by atoms with van der Waals surface area (Å²) in [4.78, 5) is 11.9. The standard InChI is InChI=1S/C22H27NO3/c1-2-21-10-7-17-16-6-4-15(23-25)13-14(16)3-5-18(17)19(21)8-11-22(21)12-9-20(24)26-22/h3,5,9,12-13,16-19,25H,2,4,6-8,10-11H2,1H3/b23-15+/t16-,17?,18?,19?,21-,22+/m0/s1. The molecule has 6 atom stereocenters. The van der Waals surface area contributed by atoms with E-state index in [1.165, 1.54) is 12.0 Å². The topological polar surface area (TPSA) is 58.9 Å². The minimum Gasteiger partial charge on any atom is -0.451 e. The lowest BCUT2D eigenvalue weighted by Crippen LogP contribution is -2.53. The number of fused-ring (bicyclic) bond motifs is 6. The first-order valence-electron chi connectivity index (χ1n) is 10.2. The molecule has 0 aromatic rings. The monoisotopic (exact) mass is 353 g/mol. The van der Waals surface area contributed by atoms with Crippen LogP contribution in [-0.4, -0.2) is 22.5 Å². The Hall–Kier alpha value is -1.84. The highest BCUT2D eigenvalue weighted by molar-refractivity contribution is 5.96. The van der Waals surface area contributed by atoms with Gasteiger partial charge in [0, 0.05) is 11.5 Å². The van der Waals surface area contributed by atoms with Gasteiger partial charge in [-0.1, -0.05) is 24.2 Å². The summed E-state index contributed by atoms with van der Waals surface area (Å²) in [6, 6.07) is 0. The number of allylic oxidation sites excluding steroid dienone is 4. The van der Waals surface area contributed by atoms with Crippen LogP contribution in [0.15, 0.2) is 41.1 Å². The van der Waals surface area contributed by atoms with Crippen molar-refractivity contribution in [1.29, 1.82) is 0 Å². The van der Waals surface area contributed by atoms with Crippen LogP contribution in [0.3, 0.4) is 0 Å². The third kappa shape index (κ3) is 1.96. The van der Waals surface area contributed by atoms with E-state index in [1.807, 2.05) is 0 Å². The summed E-state index contributed by atoms with van der Waals surface area (Å²) < 4.78 is 5.96. The summed E-state index contributed by atoms with van der Waals surface area (Å²) in [5.74, 6) is 2.27. The van der Waals surface area contributed by atoms with Gasteiger partial charge in [-0.05, 0) is 86.3 Å². The second kappa shape index (κ2) is 5.58. The summed E-state index contributed by atoms with van der Waals surface area (Å²) in [6.45, 7) is 2.28. The first-order valence-corrected chi connectivity index (χ1v) is 10.2. The maximum atomic E-state index is 11.9. The van der Waals surface area contributed by atoms with E-state index in [0.717, 1.165) is 44.2 Å². The van der Waals surface area contributed by atoms with Gasteiger partial charge in [0.15, 0.2) is 0 Å². The molecular weight excluding hydrogens is 326 g/mol. The second-order valence-electron chi connectivity index (χ2n) is 8.82. The molecule has 0 bridgehead atoms. The molecule has 4 heteroatoms. The SMILES string of the molecule is CC[C@]12CCC3C(C=CC4=C/C(=N/O)CC[C@@H]43)C1CC[C@@]21C=CC(=O)O1. The van der Waals surface area contributed by atoms with Crippen LogP contribution in [0.5, 0.6) is 0 Å². The summed E-state index contributed by atoms with van der Waals surface area (Å²) in [5, 5.41) is 12.5. The van der Waals surface area contributed by atoms with Gasteiger partial charge < -0.3 is 9.94 Å². The Labute approximate surface area is 154 Å². The molecule has 2 fully saturated rings. The highest BCUT2D eigenvalue weighted by atomic mass is 16.6. The van der Waals surface area contributed by atoms with Crippen LogP contribution >= 0.6 is 0 Å². The zero-order valence-electron chi connectivity index (χ0n) is 15.4. The number of carbonyl (C=O) groups is 1. The molecule has 1 aliphatic heterocycles. The van der Waals surface area contributed by atoms with Gasteiger partial charge in [0.1, 0.15) is 5.60 Å². The van der Waals surface area contributed by atoms with Gasteiger partial charge in [0.2, 0.25) is 0 Å². The van der Waals surface area contributed by atoms with E-state index in [1.54, 1.807) is 6.08 Å². The Morgan fingerprint density at radius 2 is 2.15 bits per heavy atom. The van der Waals surface area contributed by atoms with Crippen LogP contribution in [0.4, 0.5) is 0 Å². The molecule has 1 spiro atoms. The van der Waals surface area contributed by atoms with E-state index in [2.05, 4.69) is 36.4 Å². The third-order valence-corrected chi connectivity index (χ3v) is 8.29. The van der Waals surface area contributed by atoms with Crippen molar-refractivity contribution in [2.45, 2.75) is 57.5 Å². The minimum absolute atomic E-state index is 0.0920. The first-order chi connectivity index (χ1) is 12.6. The van der Waals surface area contributed by atoms with E-state index < -0.39 is 0 Å². The molecule has 26 heavy (non-hydrogen) atoms. The van der Waals surface area contributed by atoms with Gasteiger partial charge in [0.05, 0.1) is 5.71 Å². The first kappa shape index (κ1) is 16.3. The fourth-order valence-corrected chi connectivity index (χ4v) is 7.19. The number of rotatable bonds is 1. The Morgan fingerprint density at radius 3 is 2.88 bits per heavy atom. The molecule has 0 saturated heterocycles. The van der Waals surface area contributed by atoms with Gasteiger partial charge in [-0.15, -0.1) is 0 Å². The number of carbonyl (C=O) groups excluding carboxylic acids is 1. The van der Waals surface area contributed by atoms with Crippen LogP contribution in [0.1, 0.15) is 51.9 Å². The predicted octanol–water partition coefficient (Wildman–Crippen LogP) is 4.41. The van der Waals surface area contributed by atoms with E-state index in [9.17, 15) is 4.79 Å². The average Bonchev–Trinajstić information content (AvgIpc) is 3.22. The van der Waals surface area contributed by atoms with E-state index >= 15 is 0 Å². The highest BCUT2D eigenvalue weighted by Crippen LogP contribution is 2.67. The molecule has 2 saturated carbocycles. The molecule has 0 radical (unpaired) electrons. The molecule has 4 aliphatic carbocycles. The average molecular weight is 353 g/mol. The normalized spacial score (nSPS) is 47.5. The molecule has 0 aromatic carbocycles. The molecule has 1 N–H and O–H groups in total. The predicted molar refractivity (Wildman–Crippen MR) is 98.8 cm³/mol. The minimum atomic E-state index is -0.359. The quantitative estimate of drug-likeness (QED) is 0.432. The lowest BCUT2D eigenvalue weighted by Gasteiger charge is -2.55. The summed E-state index contributed by atoms with van der Waals surface area (Å²) >= 11 is 0. The Morgan fingerprint density at radius 1 is 1.27 bits per heavy atom. The maximum Gasteiger partial charge on any atom is 0.331 e. The molecule has 0 aromatic heterocycles.